The lowest BCUT2D eigenvalue weighted by Gasteiger charge is -2.33. The topological polar surface area (TPSA) is 125 Å². The van der Waals surface area contributed by atoms with Crippen LogP contribution in [0, 0.1) is 0 Å². The van der Waals surface area contributed by atoms with E-state index in [9.17, 15) is 14.4 Å². The number of carbonyl (C=O) groups is 1. The average Bonchev–Trinajstić information content (AvgIpc) is 3.05. The van der Waals surface area contributed by atoms with Crippen molar-refractivity contribution < 1.29 is 9.53 Å². The number of nitrogens with zero attached hydrogens (tertiary/aromatic N) is 3. The lowest BCUT2D eigenvalue weighted by atomic mass is 10.1. The van der Waals surface area contributed by atoms with Crippen molar-refractivity contribution in [2.45, 2.75) is 65.6 Å². The lowest BCUT2D eigenvalue weighted by molar-refractivity contribution is 0.0500. The predicted molar refractivity (Wildman–Crippen MR) is 115 cm³/mol. The molecule has 1 unspecified atom stereocenters. The van der Waals surface area contributed by atoms with Crippen molar-refractivity contribution in [2.75, 3.05) is 18.0 Å². The van der Waals surface area contributed by atoms with Gasteiger partial charge >= 0.3 is 11.8 Å². The Balaban J connectivity index is 1.84. The maximum absolute atomic E-state index is 12.3. The molecule has 3 heterocycles. The smallest absolute Gasteiger partial charge is 0.407 e. The van der Waals surface area contributed by atoms with Gasteiger partial charge in [0.1, 0.15) is 5.60 Å². The number of anilines is 1. The molecule has 1 fully saturated rings. The van der Waals surface area contributed by atoms with Crippen LogP contribution >= 0.6 is 0 Å². The van der Waals surface area contributed by atoms with Gasteiger partial charge < -0.3 is 19.9 Å². The highest BCUT2D eigenvalue weighted by molar-refractivity contribution is 5.73. The second-order valence-corrected chi connectivity index (χ2v) is 8.84. The average molecular weight is 418 g/mol. The van der Waals surface area contributed by atoms with Gasteiger partial charge in [-0.05, 0) is 47.5 Å². The number of alkyl carbamates (subject to hydrolysis) is 1. The zero-order chi connectivity index (χ0) is 22.1. The number of rotatable bonds is 4. The second-order valence-electron chi connectivity index (χ2n) is 8.84. The molecule has 0 saturated carbocycles. The number of imidazole rings is 1. The molecule has 1 aliphatic rings. The minimum atomic E-state index is -0.562. The highest BCUT2D eigenvalue weighted by atomic mass is 16.6. The van der Waals surface area contributed by atoms with Crippen molar-refractivity contribution >= 4 is 23.2 Å². The number of piperidine rings is 1. The molecule has 0 radical (unpaired) electrons. The molecule has 10 heteroatoms. The first-order valence-corrected chi connectivity index (χ1v) is 10.1. The van der Waals surface area contributed by atoms with Crippen LogP contribution in [0.4, 0.5) is 10.7 Å². The molecule has 2 aromatic heterocycles. The third kappa shape index (κ3) is 5.11. The summed E-state index contributed by atoms with van der Waals surface area (Å²) in [5.41, 5.74) is 0.0815. The van der Waals surface area contributed by atoms with Crippen molar-refractivity contribution in [1.29, 1.82) is 0 Å². The Labute approximate surface area is 174 Å². The van der Waals surface area contributed by atoms with Crippen LogP contribution in [-0.4, -0.2) is 50.3 Å². The normalized spacial score (nSPS) is 17.1. The van der Waals surface area contributed by atoms with Crippen molar-refractivity contribution in [3.8, 4) is 0 Å². The fourth-order valence-corrected chi connectivity index (χ4v) is 3.38. The number of amides is 1. The predicted octanol–water partition coefficient (Wildman–Crippen LogP) is 1.87. The van der Waals surface area contributed by atoms with Crippen molar-refractivity contribution in [2.24, 2.45) is 0 Å². The minimum Gasteiger partial charge on any atom is -0.444 e. The van der Waals surface area contributed by atoms with E-state index in [0.29, 0.717) is 24.7 Å². The van der Waals surface area contributed by atoms with Crippen LogP contribution in [0.25, 0.3) is 11.2 Å². The highest BCUT2D eigenvalue weighted by Crippen LogP contribution is 2.19. The summed E-state index contributed by atoms with van der Waals surface area (Å²) in [5, 5.41) is 2.90. The van der Waals surface area contributed by atoms with E-state index in [0.717, 1.165) is 25.0 Å². The summed E-state index contributed by atoms with van der Waals surface area (Å²) >= 11 is 0. The molecule has 0 spiro atoms. The first-order chi connectivity index (χ1) is 14.0. The molecule has 1 atom stereocenters. The molecule has 3 N–H and O–H groups in total. The van der Waals surface area contributed by atoms with Crippen molar-refractivity contribution in [3.63, 3.8) is 0 Å². The Morgan fingerprint density at radius 2 is 2.03 bits per heavy atom. The number of carbonyl (C=O) groups excluding carboxylic acids is 1. The van der Waals surface area contributed by atoms with Gasteiger partial charge in [0, 0.05) is 25.7 Å². The molecule has 1 saturated heterocycles. The van der Waals surface area contributed by atoms with Crippen LogP contribution in [0.3, 0.4) is 0 Å². The molecule has 3 rings (SSSR count). The van der Waals surface area contributed by atoms with E-state index in [1.54, 1.807) is 0 Å². The molecular weight excluding hydrogens is 388 g/mol. The van der Waals surface area contributed by atoms with Gasteiger partial charge in [-0.3, -0.25) is 14.3 Å². The lowest BCUT2D eigenvalue weighted by Crippen LogP contribution is -2.49. The first-order valence-electron chi connectivity index (χ1n) is 10.1. The number of H-pyrrole nitrogens is 2. The standard InChI is InChI=1S/C20H30N6O4/c1-12(2)8-10-26-15-14(16(27)24-18(26)28)22-17(23-15)25-9-6-7-13(11-25)21-19(29)30-20(3,4)5/h8,13H,6-7,9-11H2,1-5H3,(H,21,29)(H,22,23)(H,24,27,28). The van der Waals surface area contributed by atoms with Gasteiger partial charge in [-0.25, -0.2) is 9.59 Å². The molecule has 30 heavy (non-hydrogen) atoms. The van der Waals surface area contributed by atoms with E-state index < -0.39 is 22.9 Å². The molecule has 0 bridgehead atoms. The van der Waals surface area contributed by atoms with Crippen LogP contribution in [0.5, 0.6) is 0 Å². The van der Waals surface area contributed by atoms with Crippen LogP contribution in [0.15, 0.2) is 21.2 Å². The summed E-state index contributed by atoms with van der Waals surface area (Å²) in [4.78, 5) is 48.6. The fourth-order valence-electron chi connectivity index (χ4n) is 3.38. The van der Waals surface area contributed by atoms with Crippen LogP contribution in [0.2, 0.25) is 0 Å². The van der Waals surface area contributed by atoms with Gasteiger partial charge in [0.2, 0.25) is 5.95 Å². The zero-order valence-corrected chi connectivity index (χ0v) is 18.2. The summed E-state index contributed by atoms with van der Waals surface area (Å²) in [5.74, 6) is 0.503. The largest absolute Gasteiger partial charge is 0.444 e. The van der Waals surface area contributed by atoms with Gasteiger partial charge in [0.05, 0.1) is 0 Å². The number of hydrogen-bond donors (Lipinski definition) is 3. The number of hydrogen-bond acceptors (Lipinski definition) is 6. The van der Waals surface area contributed by atoms with E-state index in [1.165, 1.54) is 4.57 Å². The number of nitrogens with one attached hydrogen (secondary N) is 3. The maximum Gasteiger partial charge on any atom is 0.407 e. The first kappa shape index (κ1) is 21.7. The van der Waals surface area contributed by atoms with E-state index >= 15 is 0 Å². The summed E-state index contributed by atoms with van der Waals surface area (Å²) < 4.78 is 6.77. The summed E-state index contributed by atoms with van der Waals surface area (Å²) in [7, 11) is 0. The van der Waals surface area contributed by atoms with Gasteiger partial charge in [0.15, 0.2) is 11.2 Å². The summed E-state index contributed by atoms with van der Waals surface area (Å²) in [6.45, 7) is 10.9. The third-order valence-electron chi connectivity index (χ3n) is 4.74. The molecule has 0 aliphatic carbocycles. The summed E-state index contributed by atoms with van der Waals surface area (Å²) in [6, 6.07) is -0.104. The Bertz CT molecular complexity index is 1070. The molecule has 10 nitrogen and oxygen atoms in total. The third-order valence-corrected chi connectivity index (χ3v) is 4.74. The van der Waals surface area contributed by atoms with Gasteiger partial charge in [-0.1, -0.05) is 11.6 Å². The second kappa shape index (κ2) is 8.37. The molecule has 1 amide bonds. The Morgan fingerprint density at radius 3 is 2.70 bits per heavy atom. The van der Waals surface area contributed by atoms with E-state index in [4.69, 9.17) is 4.74 Å². The summed E-state index contributed by atoms with van der Waals surface area (Å²) in [6.07, 6.45) is 3.11. The monoisotopic (exact) mass is 418 g/mol. The van der Waals surface area contributed by atoms with Crippen molar-refractivity contribution in [3.05, 3.63) is 32.5 Å². The molecule has 0 aromatic carbocycles. The SMILES string of the molecule is CC(C)=CCn1c(=O)[nH]c(=O)c2[nH]c(N3CCCC(NC(=O)OC(C)(C)C)C3)nc21. The number of aromatic nitrogens is 4. The number of allylic oxidation sites excluding steroid dienone is 2. The number of fused-ring (bicyclic) bond motifs is 1. The van der Waals surface area contributed by atoms with E-state index in [1.807, 2.05) is 45.6 Å². The molecule has 164 valence electrons. The molecule has 1 aliphatic heterocycles. The Kier molecular flexibility index (Phi) is 6.04. The molecular formula is C20H30N6O4. The Hall–Kier alpha value is -3.04. The minimum absolute atomic E-state index is 0.104. The number of ether oxygens (including phenoxy) is 1. The quantitative estimate of drug-likeness (QED) is 0.651. The zero-order valence-electron chi connectivity index (χ0n) is 18.2. The van der Waals surface area contributed by atoms with E-state index in [2.05, 4.69) is 20.3 Å². The van der Waals surface area contributed by atoms with Gasteiger partial charge in [-0.15, -0.1) is 0 Å². The van der Waals surface area contributed by atoms with Gasteiger partial charge in [-0.2, -0.15) is 4.98 Å². The fraction of sp³-hybridized carbons (Fsp3) is 0.600. The Morgan fingerprint density at radius 1 is 1.30 bits per heavy atom. The maximum atomic E-state index is 12.3. The van der Waals surface area contributed by atoms with Crippen LogP contribution in [0.1, 0.15) is 47.5 Å². The van der Waals surface area contributed by atoms with E-state index in [-0.39, 0.29) is 11.6 Å². The molecule has 2 aromatic rings. The van der Waals surface area contributed by atoms with Crippen LogP contribution < -0.4 is 21.5 Å². The van der Waals surface area contributed by atoms with Gasteiger partial charge in [0.25, 0.3) is 5.56 Å². The highest BCUT2D eigenvalue weighted by Gasteiger charge is 2.26. The van der Waals surface area contributed by atoms with Crippen molar-refractivity contribution in [1.82, 2.24) is 24.8 Å². The van der Waals surface area contributed by atoms with Crippen LogP contribution in [-0.2, 0) is 11.3 Å². The number of aromatic amines is 2.